The molecule has 0 aliphatic heterocycles. The standard InChI is InChI=1S/C25H21FN4O2/c1-14(2)16-4-7-22(28-11-16)24(32)19-6-3-15(10-21(19)26)18-9-20-17(5-8-23(27)31)12-29-25(20)30-13-18/h3-14H,1-2H3,(H2,27,31)(H,29,30). The minimum Gasteiger partial charge on any atom is -0.366 e. The monoisotopic (exact) mass is 428 g/mol. The molecule has 4 rings (SSSR count). The molecule has 0 unspecified atom stereocenters. The number of hydrogen-bond acceptors (Lipinski definition) is 4. The number of aromatic nitrogens is 3. The fourth-order valence-corrected chi connectivity index (χ4v) is 3.39. The molecule has 0 aliphatic carbocycles. The summed E-state index contributed by atoms with van der Waals surface area (Å²) >= 11 is 0. The van der Waals surface area contributed by atoms with Crippen molar-refractivity contribution in [3.8, 4) is 11.1 Å². The van der Waals surface area contributed by atoms with Gasteiger partial charge in [-0.05, 0) is 47.4 Å². The second-order valence-corrected chi connectivity index (χ2v) is 7.76. The fraction of sp³-hybridized carbons (Fsp3) is 0.120. The number of nitrogens with one attached hydrogen (secondary N) is 1. The number of ketones is 1. The zero-order chi connectivity index (χ0) is 22.8. The Morgan fingerprint density at radius 1 is 1.06 bits per heavy atom. The molecule has 1 amide bonds. The summed E-state index contributed by atoms with van der Waals surface area (Å²) in [6, 6.07) is 9.73. The number of amides is 1. The summed E-state index contributed by atoms with van der Waals surface area (Å²) in [6.45, 7) is 4.07. The van der Waals surface area contributed by atoms with Crippen LogP contribution in [0.3, 0.4) is 0 Å². The third-order valence-corrected chi connectivity index (χ3v) is 5.22. The van der Waals surface area contributed by atoms with Crippen LogP contribution in [0.15, 0.2) is 61.1 Å². The smallest absolute Gasteiger partial charge is 0.241 e. The Labute approximate surface area is 184 Å². The molecular formula is C25H21FN4O2. The normalized spacial score (nSPS) is 11.5. The van der Waals surface area contributed by atoms with Crippen LogP contribution in [0.2, 0.25) is 0 Å². The van der Waals surface area contributed by atoms with E-state index in [0.29, 0.717) is 22.7 Å². The number of hydrogen-bond donors (Lipinski definition) is 2. The van der Waals surface area contributed by atoms with E-state index >= 15 is 0 Å². The topological polar surface area (TPSA) is 102 Å². The maximum Gasteiger partial charge on any atom is 0.241 e. The maximum absolute atomic E-state index is 14.9. The lowest BCUT2D eigenvalue weighted by Crippen LogP contribution is -2.07. The van der Waals surface area contributed by atoms with Crippen LogP contribution < -0.4 is 5.73 Å². The molecule has 3 heterocycles. The molecule has 0 spiro atoms. The van der Waals surface area contributed by atoms with Gasteiger partial charge in [0, 0.05) is 41.2 Å². The van der Waals surface area contributed by atoms with Gasteiger partial charge in [-0.2, -0.15) is 0 Å². The van der Waals surface area contributed by atoms with Crippen molar-refractivity contribution in [2.75, 3.05) is 0 Å². The van der Waals surface area contributed by atoms with Gasteiger partial charge >= 0.3 is 0 Å². The number of rotatable bonds is 6. The number of H-pyrrole nitrogens is 1. The molecule has 3 aromatic heterocycles. The Kier molecular flexibility index (Phi) is 5.64. The number of aromatic amines is 1. The molecule has 0 saturated carbocycles. The molecule has 32 heavy (non-hydrogen) atoms. The average Bonchev–Trinajstić information content (AvgIpc) is 3.19. The SMILES string of the molecule is CC(C)c1ccc(C(=O)c2ccc(-c3cnc4[nH]cc(C=CC(N)=O)c4c3)cc2F)nc1. The van der Waals surface area contributed by atoms with Crippen molar-refractivity contribution in [1.29, 1.82) is 0 Å². The third kappa shape index (κ3) is 4.18. The van der Waals surface area contributed by atoms with E-state index in [9.17, 15) is 14.0 Å². The minimum absolute atomic E-state index is 0.0423. The van der Waals surface area contributed by atoms with E-state index in [0.717, 1.165) is 16.5 Å². The van der Waals surface area contributed by atoms with Crippen LogP contribution in [0, 0.1) is 5.82 Å². The number of nitrogens with two attached hydrogens (primary N) is 1. The highest BCUT2D eigenvalue weighted by Gasteiger charge is 2.17. The summed E-state index contributed by atoms with van der Waals surface area (Å²) in [4.78, 5) is 35.3. The number of carbonyl (C=O) groups excluding carboxylic acids is 2. The van der Waals surface area contributed by atoms with Crippen molar-refractivity contribution >= 4 is 28.8 Å². The Morgan fingerprint density at radius 2 is 1.88 bits per heavy atom. The first kappa shape index (κ1) is 21.1. The number of benzene rings is 1. The molecule has 0 bridgehead atoms. The lowest BCUT2D eigenvalue weighted by molar-refractivity contribution is -0.113. The van der Waals surface area contributed by atoms with Crippen molar-refractivity contribution in [2.45, 2.75) is 19.8 Å². The van der Waals surface area contributed by atoms with Gasteiger partial charge in [0.2, 0.25) is 11.7 Å². The molecule has 160 valence electrons. The van der Waals surface area contributed by atoms with Crippen LogP contribution in [-0.2, 0) is 4.79 Å². The Hall–Kier alpha value is -4.13. The van der Waals surface area contributed by atoms with Gasteiger partial charge in [-0.15, -0.1) is 0 Å². The largest absolute Gasteiger partial charge is 0.366 e. The molecule has 0 atom stereocenters. The average molecular weight is 428 g/mol. The summed E-state index contributed by atoms with van der Waals surface area (Å²) in [6.07, 6.45) is 7.82. The number of carbonyl (C=O) groups is 2. The highest BCUT2D eigenvalue weighted by atomic mass is 19.1. The van der Waals surface area contributed by atoms with Crippen molar-refractivity contribution in [3.05, 3.63) is 89.3 Å². The number of primary amides is 1. The van der Waals surface area contributed by atoms with Gasteiger partial charge in [0.25, 0.3) is 0 Å². The van der Waals surface area contributed by atoms with Gasteiger partial charge in [-0.25, -0.2) is 9.37 Å². The van der Waals surface area contributed by atoms with Crippen molar-refractivity contribution in [2.24, 2.45) is 5.73 Å². The van der Waals surface area contributed by atoms with Gasteiger partial charge in [-0.1, -0.05) is 26.0 Å². The number of halogens is 1. The molecule has 1 aromatic carbocycles. The quantitative estimate of drug-likeness (QED) is 0.346. The molecule has 6 nitrogen and oxygen atoms in total. The summed E-state index contributed by atoms with van der Waals surface area (Å²) in [5.74, 6) is -1.37. The second kappa shape index (κ2) is 8.55. The summed E-state index contributed by atoms with van der Waals surface area (Å²) in [7, 11) is 0. The summed E-state index contributed by atoms with van der Waals surface area (Å²) in [5, 5.41) is 0.759. The molecule has 0 fully saturated rings. The van der Waals surface area contributed by atoms with Gasteiger partial charge in [-0.3, -0.25) is 14.6 Å². The molecule has 0 aliphatic rings. The maximum atomic E-state index is 14.9. The lowest BCUT2D eigenvalue weighted by atomic mass is 9.99. The van der Waals surface area contributed by atoms with Crippen LogP contribution >= 0.6 is 0 Å². The first-order valence-corrected chi connectivity index (χ1v) is 10.1. The first-order chi connectivity index (χ1) is 15.3. The second-order valence-electron chi connectivity index (χ2n) is 7.76. The molecule has 7 heteroatoms. The molecule has 0 saturated heterocycles. The first-order valence-electron chi connectivity index (χ1n) is 10.1. The van der Waals surface area contributed by atoms with Gasteiger partial charge in [0.15, 0.2) is 0 Å². The Balaban J connectivity index is 1.65. The van der Waals surface area contributed by atoms with Crippen molar-refractivity contribution in [3.63, 3.8) is 0 Å². The zero-order valence-corrected chi connectivity index (χ0v) is 17.6. The Bertz CT molecular complexity index is 1350. The van der Waals surface area contributed by atoms with Gasteiger partial charge < -0.3 is 10.7 Å². The van der Waals surface area contributed by atoms with Gasteiger partial charge in [0.1, 0.15) is 17.2 Å². The van der Waals surface area contributed by atoms with E-state index in [1.54, 1.807) is 36.8 Å². The zero-order valence-electron chi connectivity index (χ0n) is 17.6. The van der Waals surface area contributed by atoms with Crippen LogP contribution in [0.5, 0.6) is 0 Å². The molecule has 3 N–H and O–H groups in total. The molecule has 0 radical (unpaired) electrons. The van der Waals surface area contributed by atoms with E-state index in [2.05, 4.69) is 15.0 Å². The van der Waals surface area contributed by atoms with E-state index in [1.807, 2.05) is 26.0 Å². The Morgan fingerprint density at radius 3 is 2.53 bits per heavy atom. The van der Waals surface area contributed by atoms with Crippen LogP contribution in [0.1, 0.15) is 46.9 Å². The molecular weight excluding hydrogens is 407 g/mol. The summed E-state index contributed by atoms with van der Waals surface area (Å²) < 4.78 is 14.9. The van der Waals surface area contributed by atoms with Gasteiger partial charge in [0.05, 0.1) is 5.56 Å². The van der Waals surface area contributed by atoms with E-state index < -0.39 is 17.5 Å². The minimum atomic E-state index is -0.634. The fourth-order valence-electron chi connectivity index (χ4n) is 3.39. The predicted molar refractivity (Wildman–Crippen MR) is 121 cm³/mol. The number of nitrogens with zero attached hydrogens (tertiary/aromatic N) is 2. The lowest BCUT2D eigenvalue weighted by Gasteiger charge is -2.08. The van der Waals surface area contributed by atoms with E-state index in [1.165, 1.54) is 18.2 Å². The summed E-state index contributed by atoms with van der Waals surface area (Å²) in [5.41, 5.74) is 8.93. The van der Waals surface area contributed by atoms with Crippen LogP contribution in [0.4, 0.5) is 4.39 Å². The predicted octanol–water partition coefficient (Wildman–Crippen LogP) is 4.62. The van der Waals surface area contributed by atoms with Crippen LogP contribution in [0.25, 0.3) is 28.2 Å². The van der Waals surface area contributed by atoms with E-state index in [-0.39, 0.29) is 11.3 Å². The van der Waals surface area contributed by atoms with Crippen LogP contribution in [-0.4, -0.2) is 26.6 Å². The number of fused-ring (bicyclic) bond motifs is 1. The van der Waals surface area contributed by atoms with E-state index in [4.69, 9.17) is 5.73 Å². The highest BCUT2D eigenvalue weighted by molar-refractivity contribution is 6.08. The molecule has 4 aromatic rings. The third-order valence-electron chi connectivity index (χ3n) is 5.22. The highest BCUT2D eigenvalue weighted by Crippen LogP contribution is 2.27. The van der Waals surface area contributed by atoms with Crippen molar-refractivity contribution in [1.82, 2.24) is 15.0 Å². The number of pyridine rings is 2. The van der Waals surface area contributed by atoms with Crippen molar-refractivity contribution < 1.29 is 14.0 Å².